The number of rotatable bonds is 6. The highest BCUT2D eigenvalue weighted by molar-refractivity contribution is 6.30. The molecule has 1 saturated heterocycles. The van der Waals surface area contributed by atoms with Gasteiger partial charge in [-0.3, -0.25) is 9.59 Å². The topological polar surface area (TPSA) is 84.7 Å². The molecule has 1 aliphatic carbocycles. The van der Waals surface area contributed by atoms with E-state index in [4.69, 9.17) is 21.3 Å². The largest absolute Gasteiger partial charge is 0.481 e. The number of morpholine rings is 1. The van der Waals surface area contributed by atoms with Crippen molar-refractivity contribution >= 4 is 34.5 Å². The zero-order valence-electron chi connectivity index (χ0n) is 17.6. The highest BCUT2D eigenvalue weighted by Gasteiger charge is 2.48. The number of aromatic nitrogens is 2. The third kappa shape index (κ3) is 3.87. The first-order chi connectivity index (χ1) is 15.4. The third-order valence-corrected chi connectivity index (χ3v) is 6.50. The summed E-state index contributed by atoms with van der Waals surface area (Å²) in [5.41, 5.74) is 2.58. The number of hydrogen-bond acceptors (Lipinski definition) is 4. The van der Waals surface area contributed by atoms with Crippen molar-refractivity contribution in [3.05, 3.63) is 64.9 Å². The summed E-state index contributed by atoms with van der Waals surface area (Å²) in [4.78, 5) is 31.6. The zero-order chi connectivity index (χ0) is 22.4. The summed E-state index contributed by atoms with van der Waals surface area (Å²) in [5.74, 6) is -0.242. The Morgan fingerprint density at radius 1 is 1.22 bits per heavy atom. The monoisotopic (exact) mass is 453 g/mol. The summed E-state index contributed by atoms with van der Waals surface area (Å²) < 4.78 is 8.21. The lowest BCUT2D eigenvalue weighted by molar-refractivity contribution is -0.180. The smallest absolute Gasteiger partial charge is 0.306 e. The van der Waals surface area contributed by atoms with Crippen LogP contribution in [-0.2, 0) is 21.4 Å². The van der Waals surface area contributed by atoms with Gasteiger partial charge in [-0.05, 0) is 48.6 Å². The molecule has 32 heavy (non-hydrogen) atoms. The molecule has 1 aromatic heterocycles. The quantitative estimate of drug-likeness (QED) is 0.606. The number of hydrogen-bond donors (Lipinski definition) is 1. The van der Waals surface area contributed by atoms with Gasteiger partial charge in [-0.2, -0.15) is 0 Å². The van der Waals surface area contributed by atoms with Gasteiger partial charge in [-0.15, -0.1) is 0 Å². The number of para-hydroxylation sites is 2. The van der Waals surface area contributed by atoms with Crippen LogP contribution >= 0.6 is 11.6 Å². The first-order valence-electron chi connectivity index (χ1n) is 10.8. The van der Waals surface area contributed by atoms with E-state index in [1.54, 1.807) is 11.0 Å². The average Bonchev–Trinajstić information content (AvgIpc) is 3.53. The van der Waals surface area contributed by atoms with E-state index in [0.717, 1.165) is 29.4 Å². The van der Waals surface area contributed by atoms with Gasteiger partial charge in [0.25, 0.3) is 5.91 Å². The number of carbonyl (C=O) groups excluding carboxylic acids is 1. The van der Waals surface area contributed by atoms with Crippen molar-refractivity contribution in [3.63, 3.8) is 0 Å². The highest BCUT2D eigenvalue weighted by Crippen LogP contribution is 2.45. The van der Waals surface area contributed by atoms with Crippen LogP contribution in [0.5, 0.6) is 0 Å². The molecule has 1 aliphatic heterocycles. The van der Waals surface area contributed by atoms with Crippen LogP contribution < -0.4 is 0 Å². The standard InChI is InChI=1S/C24H24ClN3O4/c1-27-18-8-3-2-7-17(18)26-23(27)21-22(15-5-4-6-16(25)11-15)32-19(12-20(29)30)24(31)28(21)13-14-9-10-14/h2-8,11,14,19,21-22H,9-10,12-13H2,1H3,(H,29,30)/t19-,21+,22-/m0/s1. The maximum atomic E-state index is 13.5. The van der Waals surface area contributed by atoms with Crippen molar-refractivity contribution in [2.24, 2.45) is 13.0 Å². The molecule has 0 spiro atoms. The van der Waals surface area contributed by atoms with E-state index in [0.29, 0.717) is 23.3 Å². The van der Waals surface area contributed by atoms with Crippen LogP contribution in [0.3, 0.4) is 0 Å². The summed E-state index contributed by atoms with van der Waals surface area (Å²) in [6.07, 6.45) is 0.0920. The Labute approximate surface area is 190 Å². The fourth-order valence-corrected chi connectivity index (χ4v) is 4.72. The van der Waals surface area contributed by atoms with Gasteiger partial charge in [0.15, 0.2) is 0 Å². The van der Waals surface area contributed by atoms with Gasteiger partial charge in [-0.25, -0.2) is 4.98 Å². The first-order valence-corrected chi connectivity index (χ1v) is 11.1. The van der Waals surface area contributed by atoms with Crippen LogP contribution in [0.1, 0.15) is 42.8 Å². The van der Waals surface area contributed by atoms with E-state index in [2.05, 4.69) is 0 Å². The fraction of sp³-hybridized carbons (Fsp3) is 0.375. The van der Waals surface area contributed by atoms with Crippen LogP contribution in [0.15, 0.2) is 48.5 Å². The van der Waals surface area contributed by atoms with E-state index in [-0.39, 0.29) is 12.3 Å². The second-order valence-electron chi connectivity index (χ2n) is 8.59. The van der Waals surface area contributed by atoms with Crippen LogP contribution in [0.2, 0.25) is 5.02 Å². The second-order valence-corrected chi connectivity index (χ2v) is 9.03. The summed E-state index contributed by atoms with van der Waals surface area (Å²) in [6, 6.07) is 14.6. The van der Waals surface area contributed by atoms with Gasteiger partial charge in [0.1, 0.15) is 24.1 Å². The number of fused-ring (bicyclic) bond motifs is 1. The van der Waals surface area contributed by atoms with E-state index >= 15 is 0 Å². The SMILES string of the molecule is Cn1c([C@H]2[C@H](c3cccc(Cl)c3)O[C@@H](CC(=O)O)C(=O)N2CC2CC2)nc2ccccc21. The zero-order valence-corrected chi connectivity index (χ0v) is 18.4. The maximum absolute atomic E-state index is 13.5. The molecule has 2 aliphatic rings. The number of aryl methyl sites for hydroxylation is 1. The molecule has 7 nitrogen and oxygen atoms in total. The number of imidazole rings is 1. The minimum absolute atomic E-state index is 0.297. The van der Waals surface area contributed by atoms with E-state index in [1.165, 1.54) is 0 Å². The molecule has 0 radical (unpaired) electrons. The van der Waals surface area contributed by atoms with Crippen molar-refractivity contribution in [3.8, 4) is 0 Å². The van der Waals surface area contributed by atoms with Crippen molar-refractivity contribution in [2.75, 3.05) is 6.54 Å². The van der Waals surface area contributed by atoms with Gasteiger partial charge < -0.3 is 19.3 Å². The van der Waals surface area contributed by atoms with Crippen LogP contribution in [0, 0.1) is 5.92 Å². The lowest BCUT2D eigenvalue weighted by Gasteiger charge is -2.44. The van der Waals surface area contributed by atoms with Gasteiger partial charge in [0.2, 0.25) is 0 Å². The van der Waals surface area contributed by atoms with Gasteiger partial charge >= 0.3 is 5.97 Å². The summed E-state index contributed by atoms with van der Waals surface area (Å²) in [6.45, 7) is 0.559. The molecular formula is C24H24ClN3O4. The molecule has 0 unspecified atom stereocenters. The van der Waals surface area contributed by atoms with Gasteiger partial charge in [0, 0.05) is 18.6 Å². The molecule has 2 fully saturated rings. The van der Waals surface area contributed by atoms with Crippen LogP contribution in [-0.4, -0.2) is 44.1 Å². The molecule has 1 amide bonds. The fourth-order valence-electron chi connectivity index (χ4n) is 4.52. The number of carboxylic acids is 1. The molecule has 5 rings (SSSR count). The van der Waals surface area contributed by atoms with Gasteiger partial charge in [-0.1, -0.05) is 35.9 Å². The lowest BCUT2D eigenvalue weighted by atomic mass is 9.95. The lowest BCUT2D eigenvalue weighted by Crippen LogP contribution is -2.52. The Balaban J connectivity index is 1.66. The molecule has 1 saturated carbocycles. The third-order valence-electron chi connectivity index (χ3n) is 6.27. The van der Waals surface area contributed by atoms with E-state index in [9.17, 15) is 14.7 Å². The number of aliphatic carboxylic acids is 1. The predicted octanol–water partition coefficient (Wildman–Crippen LogP) is 4.12. The molecule has 3 atom stereocenters. The van der Waals surface area contributed by atoms with Crippen molar-refractivity contribution in [1.82, 2.24) is 14.5 Å². The minimum Gasteiger partial charge on any atom is -0.481 e. The Morgan fingerprint density at radius 2 is 2.00 bits per heavy atom. The normalized spacial score (nSPS) is 23.6. The molecule has 2 aromatic carbocycles. The van der Waals surface area contributed by atoms with E-state index in [1.807, 2.05) is 54.1 Å². The van der Waals surface area contributed by atoms with Crippen LogP contribution in [0.25, 0.3) is 11.0 Å². The first kappa shape index (κ1) is 21.0. The summed E-state index contributed by atoms with van der Waals surface area (Å²) in [7, 11) is 1.93. The van der Waals surface area contributed by atoms with Crippen LogP contribution in [0.4, 0.5) is 0 Å². The summed E-state index contributed by atoms with van der Waals surface area (Å²) in [5, 5.41) is 9.95. The molecule has 166 valence electrons. The molecule has 8 heteroatoms. The van der Waals surface area contributed by atoms with E-state index < -0.39 is 24.2 Å². The number of carbonyl (C=O) groups is 2. The number of carboxylic acid groups (broad SMARTS) is 1. The number of benzene rings is 2. The number of ether oxygens (including phenoxy) is 1. The Hall–Kier alpha value is -2.90. The minimum atomic E-state index is -1.07. The number of amides is 1. The van der Waals surface area contributed by atoms with Crippen molar-refractivity contribution < 1.29 is 19.4 Å². The predicted molar refractivity (Wildman–Crippen MR) is 119 cm³/mol. The van der Waals surface area contributed by atoms with Crippen molar-refractivity contribution in [1.29, 1.82) is 0 Å². The molecule has 1 N–H and O–H groups in total. The Kier molecular flexibility index (Phi) is 5.39. The second kappa shape index (κ2) is 8.22. The molecule has 3 aromatic rings. The Bertz CT molecular complexity index is 1190. The number of halogens is 1. The Morgan fingerprint density at radius 3 is 2.69 bits per heavy atom. The molecule has 0 bridgehead atoms. The van der Waals surface area contributed by atoms with Gasteiger partial charge in [0.05, 0.1) is 17.5 Å². The van der Waals surface area contributed by atoms with Crippen molar-refractivity contribution in [2.45, 2.75) is 37.5 Å². The maximum Gasteiger partial charge on any atom is 0.306 e. The average molecular weight is 454 g/mol. The molecule has 2 heterocycles. The number of nitrogens with zero attached hydrogens (tertiary/aromatic N) is 3. The highest BCUT2D eigenvalue weighted by atomic mass is 35.5. The molecular weight excluding hydrogens is 430 g/mol. The summed E-state index contributed by atoms with van der Waals surface area (Å²) >= 11 is 6.28.